The highest BCUT2D eigenvalue weighted by molar-refractivity contribution is 5.76. The van der Waals surface area contributed by atoms with E-state index in [0.29, 0.717) is 5.88 Å². The number of hydrogen-bond donors (Lipinski definition) is 1. The van der Waals surface area contributed by atoms with Gasteiger partial charge in [0.25, 0.3) is 0 Å². The van der Waals surface area contributed by atoms with Crippen LogP contribution in [0.1, 0.15) is 24.1 Å². The fourth-order valence-electron chi connectivity index (χ4n) is 3.92. The summed E-state index contributed by atoms with van der Waals surface area (Å²) in [5.41, 5.74) is 12.9. The molecule has 1 fully saturated rings. The minimum Gasteiger partial charge on any atom is -0.481 e. The van der Waals surface area contributed by atoms with E-state index >= 15 is 0 Å². The number of nitrogens with two attached hydrogens (primary N) is 1. The van der Waals surface area contributed by atoms with Crippen LogP contribution in [0.15, 0.2) is 60.7 Å². The predicted octanol–water partition coefficient (Wildman–Crippen LogP) is 4.41. The Morgan fingerprint density at radius 1 is 0.867 bits per heavy atom. The quantitative estimate of drug-likeness (QED) is 0.685. The highest BCUT2D eigenvalue weighted by Gasteiger charge is 2.21. The molecule has 2 N–H and O–H groups in total. The van der Waals surface area contributed by atoms with Crippen molar-refractivity contribution >= 4 is 11.4 Å². The summed E-state index contributed by atoms with van der Waals surface area (Å²) in [4.78, 5) is 9.66. The van der Waals surface area contributed by atoms with Crippen molar-refractivity contribution in [2.24, 2.45) is 5.73 Å². The molecule has 0 spiro atoms. The van der Waals surface area contributed by atoms with E-state index in [0.717, 1.165) is 48.7 Å². The molecule has 1 unspecified atom stereocenters. The Morgan fingerprint density at radius 3 is 2.10 bits per heavy atom. The second-order valence-corrected chi connectivity index (χ2v) is 7.94. The molecule has 1 saturated heterocycles. The van der Waals surface area contributed by atoms with Crippen LogP contribution < -0.4 is 20.3 Å². The predicted molar refractivity (Wildman–Crippen MR) is 124 cm³/mol. The number of hydrogen-bond acceptors (Lipinski definition) is 5. The lowest BCUT2D eigenvalue weighted by Gasteiger charge is -2.38. The highest BCUT2D eigenvalue weighted by atomic mass is 16.5. The molecule has 30 heavy (non-hydrogen) atoms. The Labute approximate surface area is 179 Å². The first kappa shape index (κ1) is 20.2. The number of methoxy groups -OCH3 is 1. The third kappa shape index (κ3) is 4.26. The molecule has 5 nitrogen and oxygen atoms in total. The second-order valence-electron chi connectivity index (χ2n) is 7.94. The zero-order chi connectivity index (χ0) is 21.1. The van der Waals surface area contributed by atoms with Gasteiger partial charge < -0.3 is 20.3 Å². The van der Waals surface area contributed by atoms with Crippen LogP contribution in [-0.4, -0.2) is 38.3 Å². The van der Waals surface area contributed by atoms with Gasteiger partial charge in [-0.3, -0.25) is 0 Å². The van der Waals surface area contributed by atoms with Gasteiger partial charge in [-0.05, 0) is 37.6 Å². The number of piperazine rings is 1. The first-order valence-electron chi connectivity index (χ1n) is 10.5. The zero-order valence-corrected chi connectivity index (χ0v) is 18.0. The fraction of sp³-hybridized carbons (Fsp3) is 0.320. The SMILES string of the molecule is COc1ccc(N2CCN(c3ccc(C)cc3)CC2)c(-c2ccc(C(C)N)cc2)n1. The molecule has 5 heteroatoms. The van der Waals surface area contributed by atoms with Gasteiger partial charge in [-0.25, -0.2) is 4.98 Å². The van der Waals surface area contributed by atoms with E-state index in [1.807, 2.05) is 13.0 Å². The molecular formula is C25H30N4O. The summed E-state index contributed by atoms with van der Waals surface area (Å²) < 4.78 is 5.41. The largest absolute Gasteiger partial charge is 0.481 e. The van der Waals surface area contributed by atoms with Gasteiger partial charge in [0.2, 0.25) is 5.88 Å². The van der Waals surface area contributed by atoms with Crippen LogP contribution in [0.2, 0.25) is 0 Å². The van der Waals surface area contributed by atoms with Gasteiger partial charge >= 0.3 is 0 Å². The number of aryl methyl sites for hydroxylation is 1. The lowest BCUT2D eigenvalue weighted by atomic mass is 10.0. The van der Waals surface area contributed by atoms with Crippen molar-refractivity contribution < 1.29 is 4.74 Å². The summed E-state index contributed by atoms with van der Waals surface area (Å²) in [6.07, 6.45) is 0. The first-order valence-corrected chi connectivity index (χ1v) is 10.5. The number of aromatic nitrogens is 1. The van der Waals surface area contributed by atoms with Crippen molar-refractivity contribution in [1.29, 1.82) is 0 Å². The second kappa shape index (κ2) is 8.76. The molecule has 0 amide bonds. The number of pyridine rings is 1. The summed E-state index contributed by atoms with van der Waals surface area (Å²) in [6, 6.07) is 21.3. The molecule has 2 aromatic carbocycles. The molecule has 1 aliphatic heterocycles. The maximum atomic E-state index is 6.02. The van der Waals surface area contributed by atoms with Crippen LogP contribution in [0.25, 0.3) is 11.3 Å². The number of nitrogens with zero attached hydrogens (tertiary/aromatic N) is 3. The molecule has 4 rings (SSSR count). The molecule has 2 heterocycles. The summed E-state index contributed by atoms with van der Waals surface area (Å²) in [6.45, 7) is 7.99. The van der Waals surface area contributed by atoms with E-state index in [4.69, 9.17) is 15.5 Å². The molecule has 1 atom stereocenters. The zero-order valence-electron chi connectivity index (χ0n) is 18.0. The first-order chi connectivity index (χ1) is 14.5. The van der Waals surface area contributed by atoms with Crippen molar-refractivity contribution in [3.05, 3.63) is 71.8 Å². The summed E-state index contributed by atoms with van der Waals surface area (Å²) >= 11 is 0. The van der Waals surface area contributed by atoms with Gasteiger partial charge in [0.05, 0.1) is 18.5 Å². The maximum absolute atomic E-state index is 6.02. The van der Waals surface area contributed by atoms with Crippen molar-refractivity contribution in [3.8, 4) is 17.1 Å². The van der Waals surface area contributed by atoms with Gasteiger partial charge in [0.15, 0.2) is 0 Å². The average molecular weight is 403 g/mol. The number of anilines is 2. The van der Waals surface area contributed by atoms with E-state index < -0.39 is 0 Å². The highest BCUT2D eigenvalue weighted by Crippen LogP contribution is 2.33. The van der Waals surface area contributed by atoms with Gasteiger partial charge in [0.1, 0.15) is 0 Å². The normalized spacial score (nSPS) is 15.2. The Hall–Kier alpha value is -3.05. The topological polar surface area (TPSA) is 54.6 Å². The number of ether oxygens (including phenoxy) is 1. The average Bonchev–Trinajstić information content (AvgIpc) is 2.79. The van der Waals surface area contributed by atoms with Gasteiger partial charge in [0, 0.05) is 49.5 Å². The molecule has 156 valence electrons. The van der Waals surface area contributed by atoms with Crippen molar-refractivity contribution in [3.63, 3.8) is 0 Å². The Morgan fingerprint density at radius 2 is 1.50 bits per heavy atom. The third-order valence-electron chi connectivity index (χ3n) is 5.79. The van der Waals surface area contributed by atoms with Crippen LogP contribution >= 0.6 is 0 Å². The molecular weight excluding hydrogens is 372 g/mol. The number of rotatable bonds is 5. The Bertz CT molecular complexity index is 975. The van der Waals surface area contributed by atoms with Crippen molar-refractivity contribution in [1.82, 2.24) is 4.98 Å². The monoisotopic (exact) mass is 402 g/mol. The lowest BCUT2D eigenvalue weighted by Crippen LogP contribution is -2.46. The van der Waals surface area contributed by atoms with Crippen LogP contribution in [0.3, 0.4) is 0 Å². The van der Waals surface area contributed by atoms with Crippen LogP contribution in [0.5, 0.6) is 5.88 Å². The molecule has 0 saturated carbocycles. The standard InChI is InChI=1S/C25H30N4O/c1-18-4-10-22(11-5-18)28-14-16-29(17-15-28)23-12-13-24(30-3)27-25(23)21-8-6-20(7-9-21)19(2)26/h4-13,19H,14-17,26H2,1-3H3. The Balaban J connectivity index is 1.57. The van der Waals surface area contributed by atoms with Gasteiger partial charge in [-0.15, -0.1) is 0 Å². The summed E-state index contributed by atoms with van der Waals surface area (Å²) in [7, 11) is 1.66. The van der Waals surface area contributed by atoms with E-state index in [1.165, 1.54) is 11.3 Å². The third-order valence-corrected chi connectivity index (χ3v) is 5.79. The molecule has 1 aliphatic rings. The van der Waals surface area contributed by atoms with E-state index in [9.17, 15) is 0 Å². The minimum atomic E-state index is 0.0200. The molecule has 1 aromatic heterocycles. The Kier molecular flexibility index (Phi) is 5.91. The molecule has 0 bridgehead atoms. The summed E-state index contributed by atoms with van der Waals surface area (Å²) in [5.74, 6) is 0.628. The van der Waals surface area contributed by atoms with E-state index in [1.54, 1.807) is 7.11 Å². The lowest BCUT2D eigenvalue weighted by molar-refractivity contribution is 0.398. The van der Waals surface area contributed by atoms with Crippen LogP contribution in [0, 0.1) is 6.92 Å². The van der Waals surface area contributed by atoms with Crippen molar-refractivity contribution in [2.45, 2.75) is 19.9 Å². The molecule has 3 aromatic rings. The van der Waals surface area contributed by atoms with Crippen molar-refractivity contribution in [2.75, 3.05) is 43.1 Å². The molecule has 0 aliphatic carbocycles. The van der Waals surface area contributed by atoms with Gasteiger partial charge in [-0.1, -0.05) is 42.0 Å². The summed E-state index contributed by atoms with van der Waals surface area (Å²) in [5, 5.41) is 0. The molecule has 0 radical (unpaired) electrons. The van der Waals surface area contributed by atoms with Crippen LogP contribution in [0.4, 0.5) is 11.4 Å². The van der Waals surface area contributed by atoms with E-state index in [-0.39, 0.29) is 6.04 Å². The fourth-order valence-corrected chi connectivity index (χ4v) is 3.92. The minimum absolute atomic E-state index is 0.0200. The maximum Gasteiger partial charge on any atom is 0.213 e. The van der Waals surface area contributed by atoms with Gasteiger partial charge in [-0.2, -0.15) is 0 Å². The van der Waals surface area contributed by atoms with E-state index in [2.05, 4.69) is 71.3 Å². The smallest absolute Gasteiger partial charge is 0.213 e. The number of benzene rings is 2. The van der Waals surface area contributed by atoms with Crippen LogP contribution in [-0.2, 0) is 0 Å².